The molecule has 1 saturated carbocycles. The van der Waals surface area contributed by atoms with Crippen molar-refractivity contribution in [1.29, 1.82) is 0 Å². The monoisotopic (exact) mass is 406 g/mol. The van der Waals surface area contributed by atoms with Gasteiger partial charge in [0.1, 0.15) is 5.76 Å². The number of carboxylic acids is 2. The van der Waals surface area contributed by atoms with Gasteiger partial charge in [0, 0.05) is 19.0 Å². The second-order valence-electron chi connectivity index (χ2n) is 6.81. The molecule has 1 saturated heterocycles. The maximum Gasteiger partial charge on any atom is 0.490 e. The van der Waals surface area contributed by atoms with Crippen LogP contribution in [-0.2, 0) is 20.9 Å². The van der Waals surface area contributed by atoms with Crippen LogP contribution in [-0.4, -0.2) is 58.8 Å². The topological polar surface area (TPSA) is 120 Å². The lowest BCUT2D eigenvalue weighted by atomic mass is 9.84. The maximum absolute atomic E-state index is 12.4. The molecule has 156 valence electrons. The summed E-state index contributed by atoms with van der Waals surface area (Å²) in [7, 11) is 0. The zero-order chi connectivity index (χ0) is 20.9. The molecule has 28 heavy (non-hydrogen) atoms. The van der Waals surface area contributed by atoms with Crippen molar-refractivity contribution in [2.24, 2.45) is 17.8 Å². The van der Waals surface area contributed by atoms with Crippen LogP contribution in [0, 0.1) is 17.8 Å². The number of carbonyl (C=O) groups excluding carboxylic acids is 1. The van der Waals surface area contributed by atoms with Gasteiger partial charge in [-0.1, -0.05) is 0 Å². The molecule has 1 aliphatic carbocycles. The number of carboxylic acid groups (broad SMARTS) is 2. The molecule has 2 aliphatic rings. The number of furan rings is 1. The lowest BCUT2D eigenvalue weighted by Crippen LogP contribution is -2.49. The van der Waals surface area contributed by atoms with Crippen molar-refractivity contribution in [2.75, 3.05) is 19.6 Å². The first-order valence-corrected chi connectivity index (χ1v) is 8.62. The van der Waals surface area contributed by atoms with E-state index in [1.165, 1.54) is 0 Å². The number of hydrogen-bond donors (Lipinski definition) is 3. The molecule has 8 nitrogen and oxygen atoms in total. The molecule has 1 aliphatic heterocycles. The van der Waals surface area contributed by atoms with Crippen molar-refractivity contribution >= 4 is 17.8 Å². The Hall–Kier alpha value is -2.56. The van der Waals surface area contributed by atoms with E-state index in [0.29, 0.717) is 19.6 Å². The van der Waals surface area contributed by atoms with E-state index in [0.717, 1.165) is 18.6 Å². The second kappa shape index (κ2) is 9.09. The van der Waals surface area contributed by atoms with Gasteiger partial charge >= 0.3 is 18.1 Å². The smallest absolute Gasteiger partial charge is 0.480 e. The first-order valence-electron chi connectivity index (χ1n) is 8.62. The van der Waals surface area contributed by atoms with E-state index in [1.807, 2.05) is 11.0 Å². The van der Waals surface area contributed by atoms with E-state index in [4.69, 9.17) is 19.4 Å². The van der Waals surface area contributed by atoms with Crippen LogP contribution in [0.5, 0.6) is 0 Å². The number of carbonyl (C=O) groups is 3. The number of fused-ring (bicyclic) bond motifs is 2. The van der Waals surface area contributed by atoms with E-state index >= 15 is 0 Å². The highest BCUT2D eigenvalue weighted by atomic mass is 19.4. The van der Waals surface area contributed by atoms with Crippen LogP contribution in [0.2, 0.25) is 0 Å². The van der Waals surface area contributed by atoms with E-state index in [9.17, 15) is 22.8 Å². The fourth-order valence-corrected chi connectivity index (χ4v) is 3.77. The molecule has 1 amide bonds. The van der Waals surface area contributed by atoms with Crippen molar-refractivity contribution in [3.63, 3.8) is 0 Å². The van der Waals surface area contributed by atoms with Crippen LogP contribution in [0.15, 0.2) is 22.8 Å². The number of nitrogens with one attached hydrogen (secondary N) is 1. The van der Waals surface area contributed by atoms with Gasteiger partial charge in [0.05, 0.1) is 19.4 Å². The van der Waals surface area contributed by atoms with Crippen molar-refractivity contribution in [3.8, 4) is 0 Å². The number of amides is 1. The summed E-state index contributed by atoms with van der Waals surface area (Å²) in [5.41, 5.74) is 0. The van der Waals surface area contributed by atoms with Crippen LogP contribution in [0.4, 0.5) is 13.2 Å². The molecular formula is C17H21F3N2O6. The van der Waals surface area contributed by atoms with Gasteiger partial charge in [-0.3, -0.25) is 14.5 Å². The molecule has 11 heteroatoms. The van der Waals surface area contributed by atoms with Gasteiger partial charge in [0.15, 0.2) is 0 Å². The summed E-state index contributed by atoms with van der Waals surface area (Å²) in [5, 5.41) is 19.0. The number of halogens is 3. The third-order valence-corrected chi connectivity index (χ3v) is 4.83. The maximum atomic E-state index is 12.4. The molecule has 3 rings (SSSR count). The SMILES string of the molecule is O=C(O)C(F)(F)F.O=C(O)CN1CC2CCC(C1)C2C(=O)NCc1ccco1. The molecule has 0 radical (unpaired) electrons. The van der Waals surface area contributed by atoms with Crippen LogP contribution >= 0.6 is 0 Å². The summed E-state index contributed by atoms with van der Waals surface area (Å²) in [6.45, 7) is 1.91. The molecule has 3 N–H and O–H groups in total. The van der Waals surface area contributed by atoms with Gasteiger partial charge in [-0.2, -0.15) is 13.2 Å². The highest BCUT2D eigenvalue weighted by Crippen LogP contribution is 2.41. The zero-order valence-electron chi connectivity index (χ0n) is 14.8. The fraction of sp³-hybridized carbons (Fsp3) is 0.588. The molecule has 0 aromatic carbocycles. The Balaban J connectivity index is 0.000000345. The van der Waals surface area contributed by atoms with Gasteiger partial charge in [-0.05, 0) is 36.8 Å². The number of rotatable bonds is 5. The number of nitrogens with zero attached hydrogens (tertiary/aromatic N) is 1. The third kappa shape index (κ3) is 5.98. The minimum atomic E-state index is -5.08. The second-order valence-corrected chi connectivity index (χ2v) is 6.81. The Morgan fingerprint density at radius 1 is 1.18 bits per heavy atom. The molecular weight excluding hydrogens is 385 g/mol. The largest absolute Gasteiger partial charge is 0.490 e. The van der Waals surface area contributed by atoms with Crippen molar-refractivity contribution in [1.82, 2.24) is 10.2 Å². The zero-order valence-corrected chi connectivity index (χ0v) is 14.8. The summed E-state index contributed by atoms with van der Waals surface area (Å²) in [4.78, 5) is 34.1. The Kier molecular flexibility index (Phi) is 7.05. The Morgan fingerprint density at radius 2 is 1.75 bits per heavy atom. The van der Waals surface area contributed by atoms with Gasteiger partial charge in [-0.25, -0.2) is 4.79 Å². The minimum absolute atomic E-state index is 0.0185. The Morgan fingerprint density at radius 3 is 2.18 bits per heavy atom. The van der Waals surface area contributed by atoms with Gasteiger partial charge in [0.25, 0.3) is 0 Å². The van der Waals surface area contributed by atoms with Gasteiger partial charge in [-0.15, -0.1) is 0 Å². The van der Waals surface area contributed by atoms with Crippen LogP contribution < -0.4 is 5.32 Å². The molecule has 1 aromatic rings. The minimum Gasteiger partial charge on any atom is -0.480 e. The van der Waals surface area contributed by atoms with Crippen LogP contribution in [0.1, 0.15) is 18.6 Å². The Bertz CT molecular complexity index is 678. The molecule has 2 heterocycles. The summed E-state index contributed by atoms with van der Waals surface area (Å²) in [6, 6.07) is 3.64. The number of alkyl halides is 3. The normalized spacial score (nSPS) is 24.2. The van der Waals surface area contributed by atoms with Gasteiger partial charge < -0.3 is 19.9 Å². The first kappa shape index (κ1) is 21.7. The lowest BCUT2D eigenvalue weighted by Gasteiger charge is -2.36. The predicted molar refractivity (Wildman–Crippen MR) is 88.0 cm³/mol. The van der Waals surface area contributed by atoms with E-state index < -0.39 is 18.1 Å². The molecule has 2 unspecified atom stereocenters. The van der Waals surface area contributed by atoms with E-state index in [2.05, 4.69) is 5.32 Å². The summed E-state index contributed by atoms with van der Waals surface area (Å²) in [6.07, 6.45) is -1.46. The average Bonchev–Trinajstić information content (AvgIpc) is 3.18. The molecule has 2 fully saturated rings. The number of hydrogen-bond acceptors (Lipinski definition) is 5. The molecule has 1 aromatic heterocycles. The van der Waals surface area contributed by atoms with Gasteiger partial charge in [0.2, 0.25) is 5.91 Å². The molecule has 2 atom stereocenters. The van der Waals surface area contributed by atoms with Crippen molar-refractivity contribution in [3.05, 3.63) is 24.2 Å². The average molecular weight is 406 g/mol. The van der Waals surface area contributed by atoms with Crippen molar-refractivity contribution in [2.45, 2.75) is 25.6 Å². The van der Waals surface area contributed by atoms with Crippen LogP contribution in [0.25, 0.3) is 0 Å². The number of likely N-dealkylation sites (tertiary alicyclic amines) is 1. The standard InChI is InChI=1S/C15H20N2O4.C2HF3O2/c18-13(19)9-17-7-10-3-4-11(8-17)14(10)15(20)16-6-12-2-1-5-21-12;3-2(4,5)1(6)7/h1-2,5,10-11,14H,3-4,6-9H2,(H,16,20)(H,18,19);(H,6,7). The highest BCUT2D eigenvalue weighted by Gasteiger charge is 2.45. The fourth-order valence-electron chi connectivity index (χ4n) is 3.77. The lowest BCUT2D eigenvalue weighted by molar-refractivity contribution is -0.192. The van der Waals surface area contributed by atoms with Crippen molar-refractivity contribution < 1.29 is 42.2 Å². The quantitative estimate of drug-likeness (QED) is 0.679. The summed E-state index contributed by atoms with van der Waals surface area (Å²) >= 11 is 0. The van der Waals surface area contributed by atoms with E-state index in [-0.39, 0.29) is 30.2 Å². The predicted octanol–water partition coefficient (Wildman–Crippen LogP) is 1.57. The number of aliphatic carboxylic acids is 2. The third-order valence-electron chi connectivity index (χ3n) is 4.83. The van der Waals surface area contributed by atoms with E-state index in [1.54, 1.807) is 12.3 Å². The summed E-state index contributed by atoms with van der Waals surface area (Å²) in [5.74, 6) is -2.15. The Labute approximate surface area is 158 Å². The molecule has 0 spiro atoms. The highest BCUT2D eigenvalue weighted by molar-refractivity contribution is 5.80. The first-order chi connectivity index (χ1) is 13.1. The summed E-state index contributed by atoms with van der Waals surface area (Å²) < 4.78 is 36.9. The van der Waals surface area contributed by atoms with Crippen LogP contribution in [0.3, 0.4) is 0 Å². The molecule has 2 bridgehead atoms. The number of piperidine rings is 1.